The van der Waals surface area contributed by atoms with Crippen molar-refractivity contribution in [3.05, 3.63) is 11.6 Å². The Morgan fingerprint density at radius 1 is 0.584 bits per heavy atom. The highest BCUT2D eigenvalue weighted by Gasteiger charge is 2.74. The van der Waals surface area contributed by atoms with Gasteiger partial charge in [0.2, 0.25) is 0 Å². The van der Waals surface area contributed by atoms with Crippen molar-refractivity contribution in [2.75, 3.05) is 19.8 Å². The van der Waals surface area contributed by atoms with Crippen LogP contribution in [-0.2, 0) is 37.9 Å². The van der Waals surface area contributed by atoms with Gasteiger partial charge in [0.15, 0.2) is 25.2 Å². The molecule has 4 heterocycles. The van der Waals surface area contributed by atoms with Crippen LogP contribution in [0.4, 0.5) is 0 Å². The maximum atomic E-state index is 12.8. The van der Waals surface area contributed by atoms with Crippen molar-refractivity contribution in [3.63, 3.8) is 0 Å². The molecule has 0 radical (unpaired) electrons. The minimum atomic E-state index is -1.86. The van der Waals surface area contributed by atoms with E-state index in [0.717, 1.165) is 5.57 Å². The van der Waals surface area contributed by atoms with E-state index >= 15 is 0 Å². The van der Waals surface area contributed by atoms with Crippen molar-refractivity contribution in [3.8, 4) is 0 Å². The van der Waals surface area contributed by atoms with Gasteiger partial charge in [0.05, 0.1) is 49.8 Å². The summed E-state index contributed by atoms with van der Waals surface area (Å²) in [6, 6.07) is 0. The van der Waals surface area contributed by atoms with Crippen molar-refractivity contribution < 1.29 is 114 Å². The predicted molar refractivity (Wildman–Crippen MR) is 266 cm³/mol. The highest BCUT2D eigenvalue weighted by atomic mass is 16.8. The summed E-state index contributed by atoms with van der Waals surface area (Å²) >= 11 is 0. The summed E-state index contributed by atoms with van der Waals surface area (Å²) in [5.41, 5.74) is -2.54. The second kappa shape index (κ2) is 23.1. The molecule has 0 aromatic heterocycles. The first-order valence-corrected chi connectivity index (χ1v) is 27.9. The molecule has 8 rings (SSSR count). The third-order valence-electron chi connectivity index (χ3n) is 21.0. The Bertz CT molecular complexity index is 2010. The molecule has 0 bridgehead atoms. The Balaban J connectivity index is 1.03. The molecule has 446 valence electrons. The smallest absolute Gasteiger partial charge is 0.187 e. The predicted octanol–water partition coefficient (Wildman–Crippen LogP) is -2.20. The summed E-state index contributed by atoms with van der Waals surface area (Å²) in [7, 11) is 0. The number of allylic oxidation sites excluding steroid dienone is 2. The minimum Gasteiger partial charge on any atom is -0.394 e. The van der Waals surface area contributed by atoms with Gasteiger partial charge in [-0.15, -0.1) is 0 Å². The maximum Gasteiger partial charge on any atom is 0.187 e. The molecule has 0 aromatic carbocycles. The topological polar surface area (TPSA) is 377 Å². The van der Waals surface area contributed by atoms with E-state index in [9.17, 15) is 76.6 Å². The first-order chi connectivity index (χ1) is 35.9. The molecule has 15 N–H and O–H groups in total. The zero-order valence-corrected chi connectivity index (χ0v) is 45.9. The Morgan fingerprint density at radius 3 is 1.75 bits per heavy atom. The molecular weight excluding hydrogens is 1020 g/mol. The Labute approximate surface area is 450 Å². The fourth-order valence-corrected chi connectivity index (χ4v) is 16.1. The van der Waals surface area contributed by atoms with E-state index in [1.807, 2.05) is 34.6 Å². The lowest BCUT2D eigenvalue weighted by Gasteiger charge is -2.71. The molecule has 11 unspecified atom stereocenters. The summed E-state index contributed by atoms with van der Waals surface area (Å²) in [4.78, 5) is 0. The van der Waals surface area contributed by atoms with Crippen LogP contribution < -0.4 is 0 Å². The molecular formula is C54H92O23. The molecule has 23 nitrogen and oxygen atoms in total. The van der Waals surface area contributed by atoms with E-state index in [1.165, 1.54) is 6.92 Å². The number of hydrogen-bond acceptors (Lipinski definition) is 23. The lowest BCUT2D eigenvalue weighted by Crippen LogP contribution is -2.70. The Kier molecular flexibility index (Phi) is 18.6. The van der Waals surface area contributed by atoms with Crippen molar-refractivity contribution in [2.45, 2.75) is 260 Å². The fraction of sp³-hybridized carbons (Fsp3) is 0.963. The molecule has 0 aromatic rings. The number of aliphatic hydroxyl groups is 15. The highest BCUT2D eigenvalue weighted by Crippen LogP contribution is 2.76. The zero-order valence-electron chi connectivity index (χ0n) is 45.9. The number of fused-ring (bicyclic) bond motifs is 5. The molecule has 4 aliphatic heterocycles. The number of rotatable bonds is 15. The quantitative estimate of drug-likeness (QED) is 0.0611. The van der Waals surface area contributed by atoms with Gasteiger partial charge < -0.3 is 114 Å². The summed E-state index contributed by atoms with van der Waals surface area (Å²) in [5.74, 6) is -1.11. The van der Waals surface area contributed by atoms with E-state index in [2.05, 4.69) is 26.8 Å². The number of aliphatic hydroxyl groups excluding tert-OH is 15. The molecule has 4 saturated heterocycles. The average Bonchev–Trinajstić information content (AvgIpc) is 4.05. The molecule has 8 aliphatic rings. The van der Waals surface area contributed by atoms with Crippen molar-refractivity contribution in [1.82, 2.24) is 0 Å². The average molecular weight is 1110 g/mol. The molecule has 23 heteroatoms. The third kappa shape index (κ3) is 10.7. The van der Waals surface area contributed by atoms with E-state index in [0.29, 0.717) is 44.9 Å². The Hall–Kier alpha value is -1.18. The van der Waals surface area contributed by atoms with Gasteiger partial charge in [0, 0.05) is 11.8 Å². The van der Waals surface area contributed by atoms with Crippen LogP contribution in [0.25, 0.3) is 0 Å². The fourth-order valence-electron chi connectivity index (χ4n) is 16.1. The zero-order chi connectivity index (χ0) is 56.8. The lowest BCUT2D eigenvalue weighted by molar-refractivity contribution is -0.381. The van der Waals surface area contributed by atoms with Gasteiger partial charge in [-0.2, -0.15) is 0 Å². The lowest BCUT2D eigenvalue weighted by atomic mass is 9.34. The second-order valence-electron chi connectivity index (χ2n) is 25.8. The van der Waals surface area contributed by atoms with Crippen LogP contribution in [0.15, 0.2) is 11.6 Å². The molecule has 8 fully saturated rings. The maximum absolute atomic E-state index is 12.8. The van der Waals surface area contributed by atoms with Crippen LogP contribution in [0.2, 0.25) is 0 Å². The highest BCUT2D eigenvalue weighted by molar-refractivity contribution is 5.22. The number of hydrogen-bond donors (Lipinski definition) is 15. The first kappa shape index (κ1) is 61.9. The Morgan fingerprint density at radius 2 is 1.13 bits per heavy atom. The minimum absolute atomic E-state index is 0.0611. The van der Waals surface area contributed by atoms with Gasteiger partial charge in [-0.3, -0.25) is 0 Å². The summed E-state index contributed by atoms with van der Waals surface area (Å²) < 4.78 is 48.9. The molecule has 4 saturated carbocycles. The van der Waals surface area contributed by atoms with E-state index in [1.54, 1.807) is 0 Å². The van der Waals surface area contributed by atoms with Gasteiger partial charge in [-0.25, -0.2) is 0 Å². The van der Waals surface area contributed by atoms with E-state index in [-0.39, 0.29) is 30.1 Å². The molecule has 77 heavy (non-hydrogen) atoms. The van der Waals surface area contributed by atoms with Crippen LogP contribution in [0.5, 0.6) is 0 Å². The van der Waals surface area contributed by atoms with Crippen LogP contribution >= 0.6 is 0 Å². The largest absolute Gasteiger partial charge is 0.394 e. The summed E-state index contributed by atoms with van der Waals surface area (Å²) in [6.45, 7) is 16.1. The van der Waals surface area contributed by atoms with Crippen molar-refractivity contribution in [2.24, 2.45) is 45.3 Å². The van der Waals surface area contributed by atoms with Crippen molar-refractivity contribution >= 4 is 0 Å². The van der Waals surface area contributed by atoms with Gasteiger partial charge in [-0.05, 0) is 113 Å². The normalized spacial score (nSPS) is 53.6. The summed E-state index contributed by atoms with van der Waals surface area (Å²) in [5, 5.41) is 165. The molecule has 0 spiro atoms. The molecule has 0 amide bonds. The second-order valence-corrected chi connectivity index (χ2v) is 25.8. The van der Waals surface area contributed by atoms with Crippen LogP contribution in [0, 0.1) is 45.3 Å². The molecule has 31 atom stereocenters. The third-order valence-corrected chi connectivity index (χ3v) is 21.0. The molecule has 4 aliphatic carbocycles. The van der Waals surface area contributed by atoms with Crippen LogP contribution in [0.1, 0.15) is 114 Å². The standard InChI is InChI=1S/C54H92O23/c1-22(2)11-10-14-53(8,77-48-44(69)40(65)37(62)28(74-48)21-70-46-42(67)38(63)34(59)23(3)71-46)24-12-15-52(7)33(24)25(57)17-30-51(52,6)16-13-29-50(4,5)32(18-31(58)54(29,30)9)75-49-45(41(66)36(61)27(20-56)73-49)76-47-43(68)39(64)35(60)26(19-55)72-47/h11,23-49,55-69H,10,12-21H2,1-9H3/t23-,24?,25?,26+,27+,28+,29?,30?,31?,32?,33?,34+,35+,36+,37+,38+,39-,40-,41-,42+,43+,44+,45+,46+,47-,48-,49-,51?,52?,53?,54?/m0/s1. The van der Waals surface area contributed by atoms with E-state index in [4.69, 9.17) is 37.9 Å². The van der Waals surface area contributed by atoms with Gasteiger partial charge in [-0.1, -0.05) is 46.3 Å². The monoisotopic (exact) mass is 1110 g/mol. The SMILES string of the molecule is CC(C)=CCCC(C)(O[C@@H]1O[C@H](CO[C@@H]2O[C@@H](C)[C@@H](O)[C@@H](O)[C@H]2O)[C@@H](O)[C@H](O)[C@H]1O)C1CCC2(C)C1C(O)CC1C3(C)C(O)CC(O[C@@H]4O[C@H](CO)[C@@H](O)[C@H](O)[C@H]4O[C@@H]4O[C@H](CO)[C@@H](O)[C@H](O)[C@H]4O)C(C)(C)C3CCC12C. The first-order valence-electron chi connectivity index (χ1n) is 27.9. The van der Waals surface area contributed by atoms with Gasteiger partial charge in [0.1, 0.15) is 91.6 Å². The van der Waals surface area contributed by atoms with E-state index < -0.39 is 188 Å². The van der Waals surface area contributed by atoms with Crippen LogP contribution in [0.3, 0.4) is 0 Å². The van der Waals surface area contributed by atoms with Crippen LogP contribution in [-0.4, -0.2) is 243 Å². The van der Waals surface area contributed by atoms with Gasteiger partial charge in [0.25, 0.3) is 0 Å². The van der Waals surface area contributed by atoms with Crippen molar-refractivity contribution in [1.29, 1.82) is 0 Å². The number of ether oxygens (including phenoxy) is 8. The van der Waals surface area contributed by atoms with Gasteiger partial charge >= 0.3 is 0 Å². The summed E-state index contributed by atoms with van der Waals surface area (Å²) in [6.07, 6.45) is -27.7.